The molecule has 0 heterocycles. The van der Waals surface area contributed by atoms with Crippen LogP contribution in [-0.2, 0) is 0 Å². The Balaban J connectivity index is 2.38. The molecule has 2 unspecified atom stereocenters. The number of rotatable bonds is 5. The number of halogens is 1. The summed E-state index contributed by atoms with van der Waals surface area (Å²) in [5.41, 5.74) is 8.76. The van der Waals surface area contributed by atoms with Gasteiger partial charge < -0.3 is 15.6 Å². The van der Waals surface area contributed by atoms with Crippen LogP contribution in [0.4, 0.5) is 0 Å². The number of nitrogens with two attached hydrogens (primary N) is 1. The second kappa shape index (κ2) is 7.07. The Morgan fingerprint density at radius 1 is 1.19 bits per heavy atom. The van der Waals surface area contributed by atoms with Crippen molar-refractivity contribution in [1.29, 1.82) is 0 Å². The molecule has 0 fully saturated rings. The molecule has 3 nitrogen and oxygen atoms in total. The molecule has 0 bridgehead atoms. The Kier molecular flexibility index (Phi) is 5.39. The highest BCUT2D eigenvalue weighted by Gasteiger charge is 2.24. The molecule has 0 amide bonds. The maximum absolute atomic E-state index is 10.8. The van der Waals surface area contributed by atoms with Gasteiger partial charge in [0.25, 0.3) is 0 Å². The van der Waals surface area contributed by atoms with E-state index >= 15 is 0 Å². The molecule has 0 aliphatic rings. The fraction of sp³-hybridized carbons (Fsp3) is 0.294. The van der Waals surface area contributed by atoms with Gasteiger partial charge in [0.1, 0.15) is 5.75 Å². The Bertz CT molecular complexity index is 598. The van der Waals surface area contributed by atoms with Gasteiger partial charge in [-0.3, -0.25) is 0 Å². The van der Waals surface area contributed by atoms with Crippen molar-refractivity contribution >= 4 is 15.9 Å². The summed E-state index contributed by atoms with van der Waals surface area (Å²) >= 11 is 3.42. The molecule has 0 aromatic heterocycles. The molecule has 2 aromatic carbocycles. The molecule has 0 spiro atoms. The summed E-state index contributed by atoms with van der Waals surface area (Å²) in [7, 11) is 1.61. The molecule has 21 heavy (non-hydrogen) atoms. The average Bonchev–Trinajstić information content (AvgIpc) is 2.49. The molecule has 0 saturated carbocycles. The quantitative estimate of drug-likeness (QED) is 0.867. The van der Waals surface area contributed by atoms with Crippen molar-refractivity contribution in [3.8, 4) is 5.75 Å². The van der Waals surface area contributed by atoms with Crippen LogP contribution in [0, 0.1) is 6.92 Å². The summed E-state index contributed by atoms with van der Waals surface area (Å²) in [4.78, 5) is 0. The second-order valence-corrected chi connectivity index (χ2v) is 6.00. The number of benzene rings is 2. The predicted molar refractivity (Wildman–Crippen MR) is 88.6 cm³/mol. The number of aryl methyl sites for hydroxylation is 1. The number of aliphatic hydroxyl groups excluding tert-OH is 1. The van der Waals surface area contributed by atoms with E-state index in [0.29, 0.717) is 12.3 Å². The lowest BCUT2D eigenvalue weighted by atomic mass is 9.88. The summed E-state index contributed by atoms with van der Waals surface area (Å²) in [6.07, 6.45) is -0.703. The SMILES string of the molecule is COc1ccc(C)cc1C(O)C(CN)c1ccc(Br)cc1. The van der Waals surface area contributed by atoms with Gasteiger partial charge in [-0.1, -0.05) is 39.7 Å². The third kappa shape index (κ3) is 3.64. The van der Waals surface area contributed by atoms with Crippen LogP contribution in [-0.4, -0.2) is 18.8 Å². The van der Waals surface area contributed by atoms with Gasteiger partial charge in [0.15, 0.2) is 0 Å². The average molecular weight is 350 g/mol. The largest absolute Gasteiger partial charge is 0.496 e. The predicted octanol–water partition coefficient (Wildman–Crippen LogP) is 3.54. The minimum Gasteiger partial charge on any atom is -0.496 e. The highest BCUT2D eigenvalue weighted by atomic mass is 79.9. The standard InChI is InChI=1S/C17H20BrNO2/c1-11-3-8-16(21-2)14(9-11)17(20)15(10-19)12-4-6-13(18)7-5-12/h3-9,15,17,20H,10,19H2,1-2H3. The second-order valence-electron chi connectivity index (χ2n) is 5.08. The number of hydrogen-bond donors (Lipinski definition) is 2. The van der Waals surface area contributed by atoms with Crippen LogP contribution in [0.2, 0.25) is 0 Å². The van der Waals surface area contributed by atoms with E-state index in [4.69, 9.17) is 10.5 Å². The van der Waals surface area contributed by atoms with Crippen molar-refractivity contribution in [1.82, 2.24) is 0 Å². The van der Waals surface area contributed by atoms with Crippen LogP contribution in [0.25, 0.3) is 0 Å². The van der Waals surface area contributed by atoms with E-state index in [0.717, 1.165) is 21.2 Å². The van der Waals surface area contributed by atoms with E-state index in [1.165, 1.54) is 0 Å². The molecule has 112 valence electrons. The van der Waals surface area contributed by atoms with E-state index in [9.17, 15) is 5.11 Å². The van der Waals surface area contributed by atoms with Crippen LogP contribution in [0.1, 0.15) is 28.7 Å². The van der Waals surface area contributed by atoms with Crippen LogP contribution in [0.15, 0.2) is 46.9 Å². The first kappa shape index (κ1) is 16.0. The normalized spacial score (nSPS) is 13.8. The van der Waals surface area contributed by atoms with Gasteiger partial charge >= 0.3 is 0 Å². The van der Waals surface area contributed by atoms with Crippen molar-refractivity contribution in [2.45, 2.75) is 18.9 Å². The summed E-state index contributed by atoms with van der Waals surface area (Å²) in [5, 5.41) is 10.8. The van der Waals surface area contributed by atoms with Gasteiger partial charge in [-0.25, -0.2) is 0 Å². The van der Waals surface area contributed by atoms with E-state index < -0.39 is 6.10 Å². The molecule has 0 saturated heterocycles. The van der Waals surface area contributed by atoms with E-state index in [2.05, 4.69) is 15.9 Å². The number of ether oxygens (including phenoxy) is 1. The summed E-state index contributed by atoms with van der Waals surface area (Å²) in [6, 6.07) is 13.7. The monoisotopic (exact) mass is 349 g/mol. The Hall–Kier alpha value is -1.36. The molecule has 0 radical (unpaired) electrons. The highest BCUT2D eigenvalue weighted by Crippen LogP contribution is 2.36. The Labute approximate surface area is 133 Å². The molecule has 4 heteroatoms. The lowest BCUT2D eigenvalue weighted by Crippen LogP contribution is -2.20. The minimum atomic E-state index is -0.703. The van der Waals surface area contributed by atoms with Gasteiger partial charge in [-0.05, 0) is 36.8 Å². The highest BCUT2D eigenvalue weighted by molar-refractivity contribution is 9.10. The van der Waals surface area contributed by atoms with Crippen LogP contribution in [0.3, 0.4) is 0 Å². The van der Waals surface area contributed by atoms with E-state index in [-0.39, 0.29) is 5.92 Å². The molecular formula is C17H20BrNO2. The zero-order valence-electron chi connectivity index (χ0n) is 12.2. The van der Waals surface area contributed by atoms with Crippen molar-refractivity contribution in [3.05, 3.63) is 63.6 Å². The topological polar surface area (TPSA) is 55.5 Å². The van der Waals surface area contributed by atoms with Gasteiger partial charge in [-0.2, -0.15) is 0 Å². The van der Waals surface area contributed by atoms with Gasteiger partial charge in [-0.15, -0.1) is 0 Å². The summed E-state index contributed by atoms with van der Waals surface area (Å²) in [6.45, 7) is 2.35. The molecule has 2 rings (SSSR count). The zero-order valence-corrected chi connectivity index (χ0v) is 13.8. The summed E-state index contributed by atoms with van der Waals surface area (Å²) in [5.74, 6) is 0.512. The van der Waals surface area contributed by atoms with Crippen molar-refractivity contribution in [2.24, 2.45) is 5.73 Å². The molecule has 2 atom stereocenters. The van der Waals surface area contributed by atoms with Crippen molar-refractivity contribution in [3.63, 3.8) is 0 Å². The number of aliphatic hydroxyl groups is 1. The smallest absolute Gasteiger partial charge is 0.124 e. The van der Waals surface area contributed by atoms with Crippen molar-refractivity contribution in [2.75, 3.05) is 13.7 Å². The van der Waals surface area contributed by atoms with E-state index in [1.807, 2.05) is 49.4 Å². The van der Waals surface area contributed by atoms with Crippen LogP contribution in [0.5, 0.6) is 5.75 Å². The first-order valence-electron chi connectivity index (χ1n) is 6.85. The lowest BCUT2D eigenvalue weighted by Gasteiger charge is -2.24. The minimum absolute atomic E-state index is 0.172. The third-order valence-electron chi connectivity index (χ3n) is 3.64. The number of hydrogen-bond acceptors (Lipinski definition) is 3. The number of methoxy groups -OCH3 is 1. The molecule has 3 N–H and O–H groups in total. The zero-order chi connectivity index (χ0) is 15.4. The lowest BCUT2D eigenvalue weighted by molar-refractivity contribution is 0.143. The maximum Gasteiger partial charge on any atom is 0.124 e. The molecule has 0 aliphatic heterocycles. The fourth-order valence-corrected chi connectivity index (χ4v) is 2.72. The first-order valence-corrected chi connectivity index (χ1v) is 7.64. The molecule has 2 aromatic rings. The Morgan fingerprint density at radius 3 is 2.43 bits per heavy atom. The fourth-order valence-electron chi connectivity index (χ4n) is 2.46. The van der Waals surface area contributed by atoms with Crippen LogP contribution < -0.4 is 10.5 Å². The first-order chi connectivity index (χ1) is 10.1. The van der Waals surface area contributed by atoms with Crippen LogP contribution >= 0.6 is 15.9 Å². The maximum atomic E-state index is 10.8. The molecule has 0 aliphatic carbocycles. The molecular weight excluding hydrogens is 330 g/mol. The van der Waals surface area contributed by atoms with Gasteiger partial charge in [0.05, 0.1) is 13.2 Å². The Morgan fingerprint density at radius 2 is 1.86 bits per heavy atom. The van der Waals surface area contributed by atoms with E-state index in [1.54, 1.807) is 7.11 Å². The van der Waals surface area contributed by atoms with Gasteiger partial charge in [0, 0.05) is 22.5 Å². The third-order valence-corrected chi connectivity index (χ3v) is 4.17. The van der Waals surface area contributed by atoms with Gasteiger partial charge in [0.2, 0.25) is 0 Å². The summed E-state index contributed by atoms with van der Waals surface area (Å²) < 4.78 is 6.37. The van der Waals surface area contributed by atoms with Crippen molar-refractivity contribution < 1.29 is 9.84 Å².